The molecule has 0 aromatic heterocycles. The van der Waals surface area contributed by atoms with E-state index in [-0.39, 0.29) is 11.8 Å². The van der Waals surface area contributed by atoms with Gasteiger partial charge in [-0.25, -0.2) is 0 Å². The van der Waals surface area contributed by atoms with Crippen LogP contribution in [0.1, 0.15) is 53.6 Å². The van der Waals surface area contributed by atoms with Gasteiger partial charge in [0.2, 0.25) is 5.91 Å². The quantitative estimate of drug-likeness (QED) is 0.606. The standard InChI is InChI=1S/C24H30N2O2S/c1-17-12-18(2)14-20(13-17)26-24(28)21-10-6-7-11-22(21)29-16-23(27)25-15-19-8-4-3-5-9-19/h6-7,10-14,19H,3-5,8-9,15-16H2,1-2H3,(H,25,27)(H,26,28). The second-order valence-electron chi connectivity index (χ2n) is 7.92. The third-order valence-corrected chi connectivity index (χ3v) is 6.36. The minimum Gasteiger partial charge on any atom is -0.355 e. The van der Waals surface area contributed by atoms with Crippen molar-refractivity contribution < 1.29 is 9.59 Å². The Balaban J connectivity index is 1.56. The van der Waals surface area contributed by atoms with Crippen LogP contribution in [0.3, 0.4) is 0 Å². The van der Waals surface area contributed by atoms with E-state index in [0.29, 0.717) is 17.2 Å². The monoisotopic (exact) mass is 410 g/mol. The van der Waals surface area contributed by atoms with E-state index in [9.17, 15) is 9.59 Å². The van der Waals surface area contributed by atoms with Crippen molar-refractivity contribution in [2.24, 2.45) is 5.92 Å². The zero-order valence-corrected chi connectivity index (χ0v) is 18.1. The molecular weight excluding hydrogens is 380 g/mol. The Morgan fingerprint density at radius 2 is 1.69 bits per heavy atom. The van der Waals surface area contributed by atoms with E-state index in [1.165, 1.54) is 43.9 Å². The first-order valence-corrected chi connectivity index (χ1v) is 11.4. The van der Waals surface area contributed by atoms with Crippen LogP contribution in [0.15, 0.2) is 47.4 Å². The molecule has 2 aromatic rings. The number of hydrogen-bond acceptors (Lipinski definition) is 3. The second-order valence-corrected chi connectivity index (χ2v) is 8.94. The molecule has 0 atom stereocenters. The molecule has 0 bridgehead atoms. The maximum atomic E-state index is 12.8. The van der Waals surface area contributed by atoms with Gasteiger partial charge in [0, 0.05) is 17.1 Å². The number of aryl methyl sites for hydroxylation is 2. The lowest BCUT2D eigenvalue weighted by Gasteiger charge is -2.21. The Morgan fingerprint density at radius 1 is 1.00 bits per heavy atom. The van der Waals surface area contributed by atoms with E-state index < -0.39 is 0 Å². The van der Waals surface area contributed by atoms with Gasteiger partial charge in [0.15, 0.2) is 0 Å². The molecule has 0 unspecified atom stereocenters. The van der Waals surface area contributed by atoms with Gasteiger partial charge in [-0.3, -0.25) is 9.59 Å². The van der Waals surface area contributed by atoms with Crippen molar-refractivity contribution in [3.63, 3.8) is 0 Å². The first-order chi connectivity index (χ1) is 14.0. The molecule has 4 nitrogen and oxygen atoms in total. The van der Waals surface area contributed by atoms with Crippen LogP contribution < -0.4 is 10.6 Å². The van der Waals surface area contributed by atoms with Gasteiger partial charge in [0.05, 0.1) is 11.3 Å². The van der Waals surface area contributed by atoms with Gasteiger partial charge in [0.25, 0.3) is 5.91 Å². The number of rotatable bonds is 7. The summed E-state index contributed by atoms with van der Waals surface area (Å²) in [6.45, 7) is 4.80. The average Bonchev–Trinajstić information content (AvgIpc) is 2.71. The first-order valence-electron chi connectivity index (χ1n) is 10.4. The summed E-state index contributed by atoms with van der Waals surface area (Å²) in [5.41, 5.74) is 3.60. The summed E-state index contributed by atoms with van der Waals surface area (Å²) in [5.74, 6) is 0.819. The van der Waals surface area contributed by atoms with E-state index in [2.05, 4.69) is 16.7 Å². The SMILES string of the molecule is Cc1cc(C)cc(NC(=O)c2ccccc2SCC(=O)NCC2CCCCC2)c1. The second kappa shape index (κ2) is 10.5. The van der Waals surface area contributed by atoms with Crippen molar-refractivity contribution in [1.29, 1.82) is 0 Å². The van der Waals surface area contributed by atoms with E-state index in [1.807, 2.05) is 44.2 Å². The van der Waals surface area contributed by atoms with Crippen LogP contribution in [0.4, 0.5) is 5.69 Å². The molecule has 2 amide bonds. The highest BCUT2D eigenvalue weighted by Gasteiger charge is 2.16. The summed E-state index contributed by atoms with van der Waals surface area (Å²) < 4.78 is 0. The van der Waals surface area contributed by atoms with E-state index in [4.69, 9.17) is 0 Å². The molecule has 1 aliphatic carbocycles. The third kappa shape index (κ3) is 6.64. The highest BCUT2D eigenvalue weighted by Crippen LogP contribution is 2.25. The summed E-state index contributed by atoms with van der Waals surface area (Å²) in [5, 5.41) is 6.05. The predicted molar refractivity (Wildman–Crippen MR) is 121 cm³/mol. The highest BCUT2D eigenvalue weighted by atomic mass is 32.2. The summed E-state index contributed by atoms with van der Waals surface area (Å²) in [7, 11) is 0. The lowest BCUT2D eigenvalue weighted by Crippen LogP contribution is -2.31. The maximum Gasteiger partial charge on any atom is 0.256 e. The molecule has 29 heavy (non-hydrogen) atoms. The Morgan fingerprint density at radius 3 is 2.41 bits per heavy atom. The molecule has 2 aromatic carbocycles. The van der Waals surface area contributed by atoms with E-state index in [1.54, 1.807) is 6.07 Å². The number of anilines is 1. The van der Waals surface area contributed by atoms with Crippen molar-refractivity contribution in [2.45, 2.75) is 50.8 Å². The summed E-state index contributed by atoms with van der Waals surface area (Å²) in [4.78, 5) is 25.9. The van der Waals surface area contributed by atoms with Crippen molar-refractivity contribution in [2.75, 3.05) is 17.6 Å². The van der Waals surface area contributed by atoms with Crippen LogP contribution in [-0.4, -0.2) is 24.1 Å². The zero-order chi connectivity index (χ0) is 20.6. The minimum atomic E-state index is -0.152. The van der Waals surface area contributed by atoms with Gasteiger partial charge in [-0.15, -0.1) is 11.8 Å². The average molecular weight is 411 g/mol. The van der Waals surface area contributed by atoms with Crippen LogP contribution in [0.2, 0.25) is 0 Å². The lowest BCUT2D eigenvalue weighted by atomic mass is 9.89. The fourth-order valence-corrected chi connectivity index (χ4v) is 4.75. The summed E-state index contributed by atoms with van der Waals surface area (Å²) in [6, 6.07) is 13.4. The normalized spacial score (nSPS) is 14.4. The van der Waals surface area contributed by atoms with Crippen LogP contribution >= 0.6 is 11.8 Å². The van der Waals surface area contributed by atoms with Gasteiger partial charge >= 0.3 is 0 Å². The van der Waals surface area contributed by atoms with Gasteiger partial charge in [-0.05, 0) is 68.0 Å². The van der Waals surface area contributed by atoms with Crippen LogP contribution in [0.25, 0.3) is 0 Å². The van der Waals surface area contributed by atoms with Crippen molar-refractivity contribution in [3.05, 3.63) is 59.2 Å². The molecule has 1 saturated carbocycles. The molecule has 1 fully saturated rings. The first kappa shape index (κ1) is 21.4. The fraction of sp³-hybridized carbons (Fsp3) is 0.417. The largest absolute Gasteiger partial charge is 0.355 e. The van der Waals surface area contributed by atoms with Crippen LogP contribution in [0.5, 0.6) is 0 Å². The number of hydrogen-bond donors (Lipinski definition) is 2. The molecule has 0 aliphatic heterocycles. The summed E-state index contributed by atoms with van der Waals surface area (Å²) >= 11 is 1.41. The van der Waals surface area contributed by atoms with Crippen LogP contribution in [-0.2, 0) is 4.79 Å². The molecule has 0 radical (unpaired) electrons. The molecule has 2 N–H and O–H groups in total. The number of carbonyl (C=O) groups excluding carboxylic acids is 2. The van der Waals surface area contributed by atoms with Gasteiger partial charge in [0.1, 0.15) is 0 Å². The zero-order valence-electron chi connectivity index (χ0n) is 17.3. The van der Waals surface area contributed by atoms with E-state index in [0.717, 1.165) is 28.3 Å². The molecule has 154 valence electrons. The lowest BCUT2D eigenvalue weighted by molar-refractivity contribution is -0.118. The number of benzene rings is 2. The molecule has 3 rings (SSSR count). The summed E-state index contributed by atoms with van der Waals surface area (Å²) in [6.07, 6.45) is 6.31. The Bertz CT molecular complexity index is 839. The Hall–Kier alpha value is -2.27. The van der Waals surface area contributed by atoms with Crippen molar-refractivity contribution >= 4 is 29.3 Å². The molecule has 5 heteroatoms. The molecule has 1 aliphatic rings. The van der Waals surface area contributed by atoms with Crippen molar-refractivity contribution in [3.8, 4) is 0 Å². The Labute approximate surface area is 177 Å². The number of nitrogens with one attached hydrogen (secondary N) is 2. The van der Waals surface area contributed by atoms with Crippen molar-refractivity contribution in [1.82, 2.24) is 5.32 Å². The van der Waals surface area contributed by atoms with Crippen LogP contribution in [0, 0.1) is 19.8 Å². The smallest absolute Gasteiger partial charge is 0.256 e. The topological polar surface area (TPSA) is 58.2 Å². The highest BCUT2D eigenvalue weighted by molar-refractivity contribution is 8.00. The van der Waals surface area contributed by atoms with Gasteiger partial charge in [-0.2, -0.15) is 0 Å². The Kier molecular flexibility index (Phi) is 7.76. The predicted octanol–water partition coefficient (Wildman–Crippen LogP) is 5.34. The molecule has 0 saturated heterocycles. The number of thioether (sulfide) groups is 1. The van der Waals surface area contributed by atoms with E-state index >= 15 is 0 Å². The molecular formula is C24H30N2O2S. The number of amides is 2. The van der Waals surface area contributed by atoms with Gasteiger partial charge < -0.3 is 10.6 Å². The van der Waals surface area contributed by atoms with Gasteiger partial charge in [-0.1, -0.05) is 37.5 Å². The third-order valence-electron chi connectivity index (χ3n) is 5.28. The maximum absolute atomic E-state index is 12.8. The number of carbonyl (C=O) groups is 2. The molecule has 0 heterocycles. The minimum absolute atomic E-state index is 0.0325. The fourth-order valence-electron chi connectivity index (χ4n) is 3.87. The molecule has 0 spiro atoms.